The number of Topliss-reactive ketones (excluding diaryl/α,β-unsaturated/α-hetero) is 1. The largest absolute Gasteiger partial charge is 0.464 e. The molecule has 1 saturated heterocycles. The van der Waals surface area contributed by atoms with Crippen molar-refractivity contribution in [3.8, 4) is 0 Å². The van der Waals surface area contributed by atoms with Gasteiger partial charge in [0.25, 0.3) is 0 Å². The molecule has 1 aliphatic heterocycles. The van der Waals surface area contributed by atoms with Gasteiger partial charge in [-0.25, -0.2) is 9.78 Å². The van der Waals surface area contributed by atoms with Crippen molar-refractivity contribution in [3.05, 3.63) is 10.6 Å². The third-order valence-corrected chi connectivity index (χ3v) is 5.51. The van der Waals surface area contributed by atoms with Gasteiger partial charge in [0.1, 0.15) is 4.88 Å². The van der Waals surface area contributed by atoms with Gasteiger partial charge in [0.2, 0.25) is 0 Å². The summed E-state index contributed by atoms with van der Waals surface area (Å²) in [7, 11) is 0.540. The Morgan fingerprint density at radius 2 is 2.05 bits per heavy atom. The van der Waals surface area contributed by atoms with Gasteiger partial charge in [-0.2, -0.15) is 0 Å². The van der Waals surface area contributed by atoms with Gasteiger partial charge < -0.3 is 10.1 Å². The molecule has 2 heterocycles. The molecule has 0 bridgehead atoms. The van der Waals surface area contributed by atoms with Crippen molar-refractivity contribution in [2.24, 2.45) is 0 Å². The van der Waals surface area contributed by atoms with Crippen LogP contribution in [-0.4, -0.2) is 45.6 Å². The van der Waals surface area contributed by atoms with Crippen LogP contribution in [0.4, 0.5) is 5.13 Å². The summed E-state index contributed by atoms with van der Waals surface area (Å²) >= 11 is 1.16. The van der Waals surface area contributed by atoms with Crippen LogP contribution in [-0.2, 0) is 15.5 Å². The Kier molecular flexibility index (Phi) is 4.87. The number of esters is 1. The molecule has 0 aliphatic carbocycles. The zero-order chi connectivity index (χ0) is 14.7. The molecule has 1 N–H and O–H groups in total. The van der Waals surface area contributed by atoms with Crippen LogP contribution in [0.15, 0.2) is 0 Å². The van der Waals surface area contributed by atoms with Gasteiger partial charge in [0.05, 0.1) is 7.11 Å². The zero-order valence-corrected chi connectivity index (χ0v) is 12.9. The van der Waals surface area contributed by atoms with Crippen molar-refractivity contribution in [1.82, 2.24) is 4.98 Å². The number of aromatic nitrogens is 1. The summed E-state index contributed by atoms with van der Waals surface area (Å²) in [5.74, 6) is 0.531. The van der Waals surface area contributed by atoms with Crippen LogP contribution < -0.4 is 5.32 Å². The molecule has 0 saturated carbocycles. The van der Waals surface area contributed by atoms with E-state index in [9.17, 15) is 13.8 Å². The monoisotopic (exact) mass is 316 g/mol. The highest BCUT2D eigenvalue weighted by Gasteiger charge is 2.24. The van der Waals surface area contributed by atoms with Gasteiger partial charge >= 0.3 is 5.97 Å². The maximum absolute atomic E-state index is 11.6. The molecule has 0 amide bonds. The molecule has 8 heteroatoms. The number of hydrogen-bond acceptors (Lipinski definition) is 7. The van der Waals surface area contributed by atoms with E-state index < -0.39 is 16.8 Å². The van der Waals surface area contributed by atoms with Gasteiger partial charge in [-0.1, -0.05) is 11.3 Å². The highest BCUT2D eigenvalue weighted by Crippen LogP contribution is 2.26. The van der Waals surface area contributed by atoms with Gasteiger partial charge in [-0.3, -0.25) is 9.00 Å². The van der Waals surface area contributed by atoms with Crippen molar-refractivity contribution in [2.75, 3.05) is 23.9 Å². The molecule has 0 aromatic carbocycles. The topological polar surface area (TPSA) is 85.4 Å². The molecule has 1 fully saturated rings. The minimum Gasteiger partial charge on any atom is -0.464 e. The van der Waals surface area contributed by atoms with Crippen LogP contribution in [0.3, 0.4) is 0 Å². The quantitative estimate of drug-likeness (QED) is 0.668. The van der Waals surface area contributed by atoms with Crippen LogP contribution in [0.25, 0.3) is 0 Å². The minimum absolute atomic E-state index is 0.0619. The molecular weight excluding hydrogens is 300 g/mol. The van der Waals surface area contributed by atoms with Crippen LogP contribution in [0.1, 0.15) is 39.9 Å². The Hall–Kier alpha value is -1.28. The van der Waals surface area contributed by atoms with Gasteiger partial charge in [-0.05, 0) is 12.8 Å². The van der Waals surface area contributed by atoms with Crippen LogP contribution >= 0.6 is 11.3 Å². The lowest BCUT2D eigenvalue weighted by molar-refractivity contribution is 0.0591. The van der Waals surface area contributed by atoms with E-state index >= 15 is 0 Å². The number of anilines is 1. The fourth-order valence-electron chi connectivity index (χ4n) is 1.97. The molecule has 0 radical (unpaired) electrons. The Balaban J connectivity index is 2.14. The second-order valence-corrected chi connectivity index (χ2v) is 7.21. The molecule has 6 nitrogen and oxygen atoms in total. The number of nitrogens with one attached hydrogen (secondary N) is 1. The first-order valence-electron chi connectivity index (χ1n) is 6.23. The zero-order valence-electron chi connectivity index (χ0n) is 11.3. The summed E-state index contributed by atoms with van der Waals surface area (Å²) in [4.78, 5) is 27.6. The number of thiazole rings is 1. The second-order valence-electron chi connectivity index (χ2n) is 4.51. The van der Waals surface area contributed by atoms with Gasteiger partial charge in [-0.15, -0.1) is 0 Å². The van der Waals surface area contributed by atoms with E-state index in [-0.39, 0.29) is 17.5 Å². The number of rotatable bonds is 4. The Morgan fingerprint density at radius 1 is 1.40 bits per heavy atom. The fourth-order valence-corrected chi connectivity index (χ4v) is 4.19. The standard InChI is InChI=1S/C12H16N2O4S2/c1-7(15)10-9(11(16)18-2)14-12(19-10)13-8-3-5-20(17)6-4-8/h8H,3-6H2,1-2H3,(H,13,14). The lowest BCUT2D eigenvalue weighted by atomic mass is 10.2. The average molecular weight is 316 g/mol. The normalized spacial score (nSPS) is 22.3. The summed E-state index contributed by atoms with van der Waals surface area (Å²) in [5.41, 5.74) is 0.0619. The summed E-state index contributed by atoms with van der Waals surface area (Å²) in [5, 5.41) is 3.74. The number of hydrogen-bond donors (Lipinski definition) is 1. The van der Waals surface area contributed by atoms with Crippen molar-refractivity contribution in [2.45, 2.75) is 25.8 Å². The van der Waals surface area contributed by atoms with E-state index in [4.69, 9.17) is 0 Å². The molecule has 0 spiro atoms. The van der Waals surface area contributed by atoms with E-state index in [0.29, 0.717) is 21.5 Å². The summed E-state index contributed by atoms with van der Waals surface area (Å²) in [6.45, 7) is 1.40. The van der Waals surface area contributed by atoms with Crippen LogP contribution in [0.2, 0.25) is 0 Å². The van der Waals surface area contributed by atoms with E-state index in [1.165, 1.54) is 14.0 Å². The van der Waals surface area contributed by atoms with Crippen molar-refractivity contribution in [3.63, 3.8) is 0 Å². The third kappa shape index (κ3) is 3.43. The second kappa shape index (κ2) is 6.45. The molecule has 2 rings (SSSR count). The molecular formula is C12H16N2O4S2. The maximum Gasteiger partial charge on any atom is 0.358 e. The molecule has 110 valence electrons. The highest BCUT2D eigenvalue weighted by atomic mass is 32.2. The van der Waals surface area contributed by atoms with Crippen molar-refractivity contribution in [1.29, 1.82) is 0 Å². The van der Waals surface area contributed by atoms with E-state index in [1.807, 2.05) is 0 Å². The SMILES string of the molecule is COC(=O)c1nc(NC2CCS(=O)CC2)sc1C(C)=O. The van der Waals surface area contributed by atoms with E-state index in [1.54, 1.807) is 0 Å². The number of ether oxygens (including phenoxy) is 1. The van der Waals surface area contributed by atoms with E-state index in [0.717, 1.165) is 24.2 Å². The lowest BCUT2D eigenvalue weighted by Gasteiger charge is -2.21. The molecule has 1 aromatic heterocycles. The number of carbonyl (C=O) groups is 2. The lowest BCUT2D eigenvalue weighted by Crippen LogP contribution is -2.29. The average Bonchev–Trinajstić information content (AvgIpc) is 2.84. The smallest absolute Gasteiger partial charge is 0.358 e. The Bertz CT molecular complexity index is 546. The predicted molar refractivity (Wildman–Crippen MR) is 78.0 cm³/mol. The first-order chi connectivity index (χ1) is 9.51. The number of nitrogens with zero attached hydrogens (tertiary/aromatic N) is 1. The van der Waals surface area contributed by atoms with Crippen molar-refractivity contribution < 1.29 is 18.5 Å². The molecule has 20 heavy (non-hydrogen) atoms. The van der Waals surface area contributed by atoms with Crippen LogP contribution in [0.5, 0.6) is 0 Å². The Morgan fingerprint density at radius 3 is 2.60 bits per heavy atom. The summed E-state index contributed by atoms with van der Waals surface area (Å²) in [6.07, 6.45) is 1.60. The first-order valence-corrected chi connectivity index (χ1v) is 8.53. The van der Waals surface area contributed by atoms with E-state index in [2.05, 4.69) is 15.0 Å². The summed E-state index contributed by atoms with van der Waals surface area (Å²) < 4.78 is 15.9. The number of methoxy groups -OCH3 is 1. The molecule has 0 atom stereocenters. The first kappa shape index (κ1) is 15.1. The number of ketones is 1. The Labute approximate surface area is 123 Å². The minimum atomic E-state index is -0.719. The predicted octanol–water partition coefficient (Wildman–Crippen LogP) is 1.46. The van der Waals surface area contributed by atoms with Gasteiger partial charge in [0, 0.05) is 35.3 Å². The number of carbonyl (C=O) groups excluding carboxylic acids is 2. The summed E-state index contributed by atoms with van der Waals surface area (Å²) in [6, 6.07) is 0.184. The fraction of sp³-hybridized carbons (Fsp3) is 0.583. The van der Waals surface area contributed by atoms with Crippen LogP contribution in [0, 0.1) is 0 Å². The van der Waals surface area contributed by atoms with Gasteiger partial charge in [0.15, 0.2) is 16.6 Å². The molecule has 1 aliphatic rings. The third-order valence-electron chi connectivity index (χ3n) is 3.04. The molecule has 0 unspecified atom stereocenters. The van der Waals surface area contributed by atoms with Crippen molar-refractivity contribution >= 4 is 39.0 Å². The maximum atomic E-state index is 11.6. The highest BCUT2D eigenvalue weighted by molar-refractivity contribution is 7.85. The molecule has 1 aromatic rings.